The van der Waals surface area contributed by atoms with Crippen LogP contribution in [0.3, 0.4) is 0 Å². The molecular weight excluding hydrogens is 306 g/mol. The zero-order valence-corrected chi connectivity index (χ0v) is 13.8. The van der Waals surface area contributed by atoms with Crippen molar-refractivity contribution in [1.82, 2.24) is 24.8 Å². The molecule has 0 radical (unpaired) electrons. The van der Waals surface area contributed by atoms with E-state index in [0.29, 0.717) is 23.5 Å². The molecule has 0 aliphatic carbocycles. The van der Waals surface area contributed by atoms with Crippen LogP contribution in [0.25, 0.3) is 11.1 Å². The summed E-state index contributed by atoms with van der Waals surface area (Å²) < 4.78 is 7.13. The second-order valence-electron chi connectivity index (χ2n) is 6.28. The van der Waals surface area contributed by atoms with Crippen molar-refractivity contribution in [1.29, 1.82) is 0 Å². The minimum atomic E-state index is 0.0199. The molecule has 0 saturated carbocycles. The maximum atomic E-state index is 13.2. The van der Waals surface area contributed by atoms with Crippen LogP contribution in [0.1, 0.15) is 34.6 Å². The molecule has 0 bridgehead atoms. The second-order valence-corrected chi connectivity index (χ2v) is 6.28. The molecule has 124 valence electrons. The fourth-order valence-electron chi connectivity index (χ4n) is 3.46. The fraction of sp³-hybridized carbons (Fsp3) is 0.412. The van der Waals surface area contributed by atoms with E-state index in [1.165, 1.54) is 0 Å². The zero-order chi connectivity index (χ0) is 16.7. The summed E-state index contributed by atoms with van der Waals surface area (Å²) in [6.45, 7) is 5.18. The summed E-state index contributed by atoms with van der Waals surface area (Å²) in [6.07, 6.45) is 5.69. The number of nitrogens with zero attached hydrogens (tertiary/aromatic N) is 5. The van der Waals surface area contributed by atoms with E-state index >= 15 is 0 Å². The first-order valence-corrected chi connectivity index (χ1v) is 8.15. The number of amides is 1. The van der Waals surface area contributed by atoms with Gasteiger partial charge in [0.2, 0.25) is 0 Å². The third-order valence-electron chi connectivity index (χ3n) is 4.57. The summed E-state index contributed by atoms with van der Waals surface area (Å²) >= 11 is 0. The molecule has 0 N–H and O–H groups in total. The lowest BCUT2D eigenvalue weighted by atomic mass is 10.1. The smallest absolute Gasteiger partial charge is 0.258 e. The number of hydrogen-bond donors (Lipinski definition) is 0. The van der Waals surface area contributed by atoms with E-state index in [9.17, 15) is 4.79 Å². The molecule has 7 heteroatoms. The first-order chi connectivity index (χ1) is 11.6. The van der Waals surface area contributed by atoms with Gasteiger partial charge in [-0.15, -0.1) is 0 Å². The Hall–Kier alpha value is -2.70. The van der Waals surface area contributed by atoms with Crippen molar-refractivity contribution in [2.45, 2.75) is 39.3 Å². The van der Waals surface area contributed by atoms with Gasteiger partial charge in [0.05, 0.1) is 29.2 Å². The topological polar surface area (TPSA) is 77.0 Å². The third-order valence-corrected chi connectivity index (χ3v) is 4.57. The molecule has 3 aromatic rings. The molecule has 4 heterocycles. The highest BCUT2D eigenvalue weighted by Gasteiger charge is 2.31. The van der Waals surface area contributed by atoms with Crippen LogP contribution in [0, 0.1) is 13.8 Å². The Balaban J connectivity index is 1.69. The molecule has 1 amide bonds. The van der Waals surface area contributed by atoms with Gasteiger partial charge in [0, 0.05) is 24.6 Å². The second kappa shape index (κ2) is 5.74. The predicted octanol–water partition coefficient (Wildman–Crippen LogP) is 2.34. The SMILES string of the molecule is Cc1cc(C(=O)N2CCC[C@H]2Cn2cccn2)c2c(C)noc2n1. The molecule has 0 unspecified atom stereocenters. The average Bonchev–Trinajstić information content (AvgIpc) is 3.29. The summed E-state index contributed by atoms with van der Waals surface area (Å²) in [5.41, 5.74) is 2.51. The van der Waals surface area contributed by atoms with Gasteiger partial charge in [0.25, 0.3) is 11.6 Å². The molecule has 1 atom stereocenters. The lowest BCUT2D eigenvalue weighted by Crippen LogP contribution is -2.38. The van der Waals surface area contributed by atoms with E-state index in [1.807, 2.05) is 41.8 Å². The minimum absolute atomic E-state index is 0.0199. The molecular formula is C17H19N5O2. The number of pyridine rings is 1. The summed E-state index contributed by atoms with van der Waals surface area (Å²) in [5, 5.41) is 8.94. The van der Waals surface area contributed by atoms with Gasteiger partial charge in [-0.3, -0.25) is 9.48 Å². The van der Waals surface area contributed by atoms with Gasteiger partial charge in [-0.2, -0.15) is 5.10 Å². The van der Waals surface area contributed by atoms with E-state index < -0.39 is 0 Å². The van der Waals surface area contributed by atoms with Crippen LogP contribution in [-0.2, 0) is 6.54 Å². The van der Waals surface area contributed by atoms with E-state index in [2.05, 4.69) is 15.2 Å². The Morgan fingerprint density at radius 3 is 3.08 bits per heavy atom. The summed E-state index contributed by atoms with van der Waals surface area (Å²) in [7, 11) is 0. The highest BCUT2D eigenvalue weighted by Crippen LogP contribution is 2.27. The van der Waals surface area contributed by atoms with Gasteiger partial charge >= 0.3 is 0 Å². The number of likely N-dealkylation sites (tertiary alicyclic amines) is 1. The number of hydrogen-bond acceptors (Lipinski definition) is 5. The number of rotatable bonds is 3. The van der Waals surface area contributed by atoms with Crippen molar-refractivity contribution in [2.24, 2.45) is 0 Å². The van der Waals surface area contributed by atoms with Crippen LogP contribution in [0.5, 0.6) is 0 Å². The van der Waals surface area contributed by atoms with E-state index in [4.69, 9.17) is 4.52 Å². The van der Waals surface area contributed by atoms with Gasteiger partial charge < -0.3 is 9.42 Å². The first kappa shape index (κ1) is 14.9. The van der Waals surface area contributed by atoms with Crippen molar-refractivity contribution in [3.8, 4) is 0 Å². The van der Waals surface area contributed by atoms with Crippen LogP contribution in [-0.4, -0.2) is 43.3 Å². The number of aromatic nitrogens is 4. The molecule has 0 spiro atoms. The Morgan fingerprint density at radius 1 is 1.42 bits per heavy atom. The Morgan fingerprint density at radius 2 is 2.29 bits per heavy atom. The number of carbonyl (C=O) groups is 1. The normalized spacial score (nSPS) is 17.8. The third kappa shape index (κ3) is 2.46. The standard InChI is InChI=1S/C17H19N5O2/c1-11-9-14(15-12(2)20-24-16(15)19-11)17(23)22-8-3-5-13(22)10-21-7-4-6-18-21/h4,6-7,9,13H,3,5,8,10H2,1-2H3/t13-/m0/s1. The van der Waals surface area contributed by atoms with Crippen LogP contribution < -0.4 is 0 Å². The lowest BCUT2D eigenvalue weighted by Gasteiger charge is -2.25. The monoisotopic (exact) mass is 325 g/mol. The molecule has 1 aliphatic heterocycles. The van der Waals surface area contributed by atoms with Crippen LogP contribution >= 0.6 is 0 Å². The van der Waals surface area contributed by atoms with Crippen molar-refractivity contribution in [3.05, 3.63) is 41.5 Å². The predicted molar refractivity (Wildman–Crippen MR) is 87.6 cm³/mol. The summed E-state index contributed by atoms with van der Waals surface area (Å²) in [4.78, 5) is 19.5. The number of aryl methyl sites for hydroxylation is 2. The largest absolute Gasteiger partial charge is 0.336 e. The van der Waals surface area contributed by atoms with E-state index in [0.717, 1.165) is 30.5 Å². The maximum Gasteiger partial charge on any atom is 0.258 e. The number of fused-ring (bicyclic) bond motifs is 1. The molecule has 1 saturated heterocycles. The first-order valence-electron chi connectivity index (χ1n) is 8.15. The molecule has 3 aromatic heterocycles. The van der Waals surface area contributed by atoms with Gasteiger partial charge in [-0.1, -0.05) is 5.16 Å². The molecule has 4 rings (SSSR count). The summed E-state index contributed by atoms with van der Waals surface area (Å²) in [6, 6.07) is 3.89. The molecule has 0 aromatic carbocycles. The Kier molecular flexibility index (Phi) is 3.55. The highest BCUT2D eigenvalue weighted by molar-refractivity contribution is 6.06. The molecule has 1 aliphatic rings. The van der Waals surface area contributed by atoms with Gasteiger partial charge in [0.15, 0.2) is 0 Å². The lowest BCUT2D eigenvalue weighted by molar-refractivity contribution is 0.0723. The zero-order valence-electron chi connectivity index (χ0n) is 13.8. The van der Waals surface area contributed by atoms with Crippen LogP contribution in [0.15, 0.2) is 29.0 Å². The molecule has 7 nitrogen and oxygen atoms in total. The average molecular weight is 325 g/mol. The maximum absolute atomic E-state index is 13.2. The Labute approximate surface area is 139 Å². The van der Waals surface area contributed by atoms with Gasteiger partial charge in [0.1, 0.15) is 0 Å². The van der Waals surface area contributed by atoms with Gasteiger partial charge in [-0.05, 0) is 38.8 Å². The highest BCUT2D eigenvalue weighted by atomic mass is 16.5. The van der Waals surface area contributed by atoms with Crippen molar-refractivity contribution in [2.75, 3.05) is 6.54 Å². The molecule has 24 heavy (non-hydrogen) atoms. The van der Waals surface area contributed by atoms with Crippen LogP contribution in [0.2, 0.25) is 0 Å². The number of carbonyl (C=O) groups excluding carboxylic acids is 1. The van der Waals surface area contributed by atoms with E-state index in [-0.39, 0.29) is 11.9 Å². The minimum Gasteiger partial charge on any atom is -0.336 e. The fourth-order valence-corrected chi connectivity index (χ4v) is 3.46. The van der Waals surface area contributed by atoms with Crippen molar-refractivity contribution >= 4 is 17.0 Å². The van der Waals surface area contributed by atoms with Crippen molar-refractivity contribution < 1.29 is 9.32 Å². The Bertz CT molecular complexity index is 884. The van der Waals surface area contributed by atoms with Crippen molar-refractivity contribution in [3.63, 3.8) is 0 Å². The van der Waals surface area contributed by atoms with Gasteiger partial charge in [-0.25, -0.2) is 4.98 Å². The quantitative estimate of drug-likeness (QED) is 0.738. The summed E-state index contributed by atoms with van der Waals surface area (Å²) in [5.74, 6) is 0.0199. The van der Waals surface area contributed by atoms with Crippen LogP contribution in [0.4, 0.5) is 0 Å². The molecule has 1 fully saturated rings. The van der Waals surface area contributed by atoms with E-state index in [1.54, 1.807) is 6.20 Å².